The minimum atomic E-state index is -0.782. The van der Waals surface area contributed by atoms with Gasteiger partial charge in [-0.2, -0.15) is 5.26 Å². The number of amides is 1. The van der Waals surface area contributed by atoms with Crippen molar-refractivity contribution in [3.8, 4) is 17.2 Å². The van der Waals surface area contributed by atoms with Gasteiger partial charge in [-0.15, -0.1) is 0 Å². The molecule has 6 heteroatoms. The number of carbonyl (C=O) groups is 1. The molecule has 1 amide bonds. The van der Waals surface area contributed by atoms with Crippen LogP contribution in [0.25, 0.3) is 11.1 Å². The molecule has 0 radical (unpaired) electrons. The molecule has 0 saturated carbocycles. The molecule has 3 aromatic rings. The number of hydrogen-bond acceptors (Lipinski definition) is 3. The van der Waals surface area contributed by atoms with E-state index in [9.17, 15) is 13.6 Å². The van der Waals surface area contributed by atoms with Gasteiger partial charge in [-0.25, -0.2) is 8.78 Å². The molecule has 32 heavy (non-hydrogen) atoms. The Labute approximate surface area is 187 Å². The van der Waals surface area contributed by atoms with E-state index in [0.29, 0.717) is 12.1 Å². The van der Waals surface area contributed by atoms with Crippen molar-refractivity contribution in [1.82, 2.24) is 10.2 Å². The summed E-state index contributed by atoms with van der Waals surface area (Å²) >= 11 is 0. The molecule has 0 fully saturated rings. The molecule has 0 spiro atoms. The van der Waals surface area contributed by atoms with Crippen molar-refractivity contribution in [3.63, 3.8) is 0 Å². The Morgan fingerprint density at radius 2 is 1.69 bits per heavy atom. The second-order valence-electron chi connectivity index (χ2n) is 7.97. The van der Waals surface area contributed by atoms with E-state index in [4.69, 9.17) is 5.26 Å². The normalized spacial score (nSPS) is 11.8. The van der Waals surface area contributed by atoms with Gasteiger partial charge in [0.1, 0.15) is 11.6 Å². The van der Waals surface area contributed by atoms with Gasteiger partial charge in [0.15, 0.2) is 0 Å². The highest BCUT2D eigenvalue weighted by Crippen LogP contribution is 2.25. The Bertz CT molecular complexity index is 1100. The van der Waals surface area contributed by atoms with Crippen molar-refractivity contribution in [2.75, 3.05) is 27.2 Å². The van der Waals surface area contributed by atoms with Gasteiger partial charge in [0, 0.05) is 24.1 Å². The fourth-order valence-electron chi connectivity index (χ4n) is 3.52. The van der Waals surface area contributed by atoms with Gasteiger partial charge in [0.05, 0.1) is 11.6 Å². The number of rotatable bonds is 8. The largest absolute Gasteiger partial charge is 0.351 e. The van der Waals surface area contributed by atoms with Crippen LogP contribution in [0.4, 0.5) is 8.78 Å². The van der Waals surface area contributed by atoms with Crippen LogP contribution in [0.5, 0.6) is 0 Å². The van der Waals surface area contributed by atoms with Crippen LogP contribution in [0, 0.1) is 23.0 Å². The summed E-state index contributed by atoms with van der Waals surface area (Å²) in [5, 5.41) is 11.9. The fraction of sp³-hybridized carbons (Fsp3) is 0.231. The number of nitrogens with zero attached hydrogens (tertiary/aromatic N) is 2. The maximum atomic E-state index is 13.4. The smallest absolute Gasteiger partial charge is 0.251 e. The van der Waals surface area contributed by atoms with Crippen molar-refractivity contribution >= 4 is 5.91 Å². The van der Waals surface area contributed by atoms with Crippen LogP contribution in [-0.4, -0.2) is 38.0 Å². The lowest BCUT2D eigenvalue weighted by atomic mass is 9.93. The van der Waals surface area contributed by atoms with Crippen LogP contribution in [0.2, 0.25) is 0 Å². The highest BCUT2D eigenvalue weighted by atomic mass is 19.1. The average Bonchev–Trinajstić information content (AvgIpc) is 2.78. The van der Waals surface area contributed by atoms with E-state index in [1.807, 2.05) is 56.6 Å². The number of benzene rings is 3. The van der Waals surface area contributed by atoms with Crippen LogP contribution in [0.1, 0.15) is 33.8 Å². The summed E-state index contributed by atoms with van der Waals surface area (Å²) in [4.78, 5) is 14.5. The number of nitriles is 1. The Hall–Kier alpha value is -3.56. The van der Waals surface area contributed by atoms with E-state index in [-0.39, 0.29) is 11.5 Å². The topological polar surface area (TPSA) is 56.1 Å². The summed E-state index contributed by atoms with van der Waals surface area (Å²) in [6.07, 6.45) is 0.800. The van der Waals surface area contributed by atoms with Crippen LogP contribution in [0.3, 0.4) is 0 Å². The molecule has 4 nitrogen and oxygen atoms in total. The maximum absolute atomic E-state index is 13.4. The lowest BCUT2D eigenvalue weighted by Crippen LogP contribution is -2.30. The van der Waals surface area contributed by atoms with Crippen molar-refractivity contribution in [2.24, 2.45) is 0 Å². The van der Waals surface area contributed by atoms with E-state index in [2.05, 4.69) is 16.3 Å². The van der Waals surface area contributed by atoms with Crippen molar-refractivity contribution < 1.29 is 13.6 Å². The lowest BCUT2D eigenvalue weighted by Gasteiger charge is -2.21. The average molecular weight is 434 g/mol. The first-order chi connectivity index (χ1) is 15.4. The molecule has 1 atom stereocenters. The van der Waals surface area contributed by atoms with Crippen LogP contribution in [-0.2, 0) is 0 Å². The van der Waals surface area contributed by atoms with Crippen molar-refractivity contribution in [3.05, 3.63) is 95.1 Å². The van der Waals surface area contributed by atoms with Gasteiger partial charge in [-0.3, -0.25) is 4.79 Å². The summed E-state index contributed by atoms with van der Waals surface area (Å²) < 4.78 is 26.9. The Morgan fingerprint density at radius 3 is 2.31 bits per heavy atom. The third-order valence-corrected chi connectivity index (χ3v) is 5.27. The SMILES string of the molecule is CN(C)CCC(CNC(=O)c1cc(F)cc(F)c1)c1ccc(-c2cccc(C#N)c2)cc1. The number of hydrogen-bond donors (Lipinski definition) is 1. The predicted octanol–water partition coefficient (Wildman–Crippen LogP) is 4.97. The maximum Gasteiger partial charge on any atom is 0.251 e. The Morgan fingerprint density at radius 1 is 1.00 bits per heavy atom. The molecule has 0 aliphatic heterocycles. The molecule has 3 aromatic carbocycles. The molecule has 0 aromatic heterocycles. The summed E-state index contributed by atoms with van der Waals surface area (Å²) in [6.45, 7) is 1.16. The lowest BCUT2D eigenvalue weighted by molar-refractivity contribution is 0.0949. The highest BCUT2D eigenvalue weighted by molar-refractivity contribution is 5.94. The highest BCUT2D eigenvalue weighted by Gasteiger charge is 2.16. The van der Waals surface area contributed by atoms with Crippen molar-refractivity contribution in [2.45, 2.75) is 12.3 Å². The van der Waals surface area contributed by atoms with Gasteiger partial charge in [-0.1, -0.05) is 36.4 Å². The van der Waals surface area contributed by atoms with E-state index >= 15 is 0 Å². The number of halogens is 2. The zero-order valence-corrected chi connectivity index (χ0v) is 18.1. The monoisotopic (exact) mass is 433 g/mol. The zero-order valence-electron chi connectivity index (χ0n) is 18.1. The molecule has 3 rings (SSSR count). The third kappa shape index (κ3) is 6.22. The summed E-state index contributed by atoms with van der Waals surface area (Å²) in [5.74, 6) is -2.05. The zero-order chi connectivity index (χ0) is 23.1. The van der Waals surface area contributed by atoms with Gasteiger partial charge in [0.2, 0.25) is 0 Å². The minimum absolute atomic E-state index is 0.0271. The standard InChI is InChI=1S/C26H25F2N3O/c1-31(2)11-10-22(17-30-26(32)23-13-24(27)15-25(28)14-23)20-8-6-19(7-9-20)21-5-3-4-18(12-21)16-29/h3-9,12-15,22H,10-11,17H2,1-2H3,(H,30,32). The molecule has 0 aliphatic carbocycles. The summed E-state index contributed by atoms with van der Waals surface area (Å²) in [7, 11) is 3.97. The number of carbonyl (C=O) groups excluding carboxylic acids is 1. The van der Waals surface area contributed by atoms with Gasteiger partial charge in [0.25, 0.3) is 5.91 Å². The van der Waals surface area contributed by atoms with Crippen molar-refractivity contribution in [1.29, 1.82) is 5.26 Å². The van der Waals surface area contributed by atoms with Gasteiger partial charge in [-0.05, 0) is 68.0 Å². The molecule has 0 bridgehead atoms. The molecule has 0 aliphatic rings. The Kier molecular flexibility index (Phi) is 7.69. The third-order valence-electron chi connectivity index (χ3n) is 5.27. The van der Waals surface area contributed by atoms with Gasteiger partial charge >= 0.3 is 0 Å². The Balaban J connectivity index is 1.76. The van der Waals surface area contributed by atoms with E-state index < -0.39 is 17.5 Å². The van der Waals surface area contributed by atoms with Crippen LogP contribution >= 0.6 is 0 Å². The first kappa shape index (κ1) is 23.1. The second kappa shape index (κ2) is 10.7. The molecule has 0 saturated heterocycles. The summed E-state index contributed by atoms with van der Waals surface area (Å²) in [5.41, 5.74) is 3.57. The molecule has 1 unspecified atom stereocenters. The van der Waals surface area contributed by atoms with Crippen LogP contribution < -0.4 is 5.32 Å². The summed E-state index contributed by atoms with van der Waals surface area (Å²) in [6, 6.07) is 20.4. The predicted molar refractivity (Wildman–Crippen MR) is 121 cm³/mol. The fourth-order valence-corrected chi connectivity index (χ4v) is 3.52. The second-order valence-corrected chi connectivity index (χ2v) is 7.97. The van der Waals surface area contributed by atoms with Crippen LogP contribution in [0.15, 0.2) is 66.7 Å². The first-order valence-electron chi connectivity index (χ1n) is 10.3. The molecular formula is C26H25F2N3O. The minimum Gasteiger partial charge on any atom is -0.351 e. The van der Waals surface area contributed by atoms with E-state index in [1.165, 1.54) is 0 Å². The quantitative estimate of drug-likeness (QED) is 0.546. The molecular weight excluding hydrogens is 408 g/mol. The number of nitrogens with one attached hydrogen (secondary N) is 1. The molecule has 0 heterocycles. The molecule has 164 valence electrons. The van der Waals surface area contributed by atoms with Gasteiger partial charge < -0.3 is 10.2 Å². The van der Waals surface area contributed by atoms with E-state index in [0.717, 1.165) is 47.9 Å². The van der Waals surface area contributed by atoms with E-state index in [1.54, 1.807) is 6.07 Å². The molecule has 1 N–H and O–H groups in total. The first-order valence-corrected chi connectivity index (χ1v) is 10.3.